The third kappa shape index (κ3) is 3.16. The van der Waals surface area contributed by atoms with Crippen LogP contribution in [-0.4, -0.2) is 38.8 Å². The minimum absolute atomic E-state index is 0.0931. The molecule has 1 fully saturated rings. The Kier molecular flexibility index (Phi) is 4.62. The predicted octanol–water partition coefficient (Wildman–Crippen LogP) is 1.05. The highest BCUT2D eigenvalue weighted by molar-refractivity contribution is 5.80. The van der Waals surface area contributed by atoms with Crippen molar-refractivity contribution < 1.29 is 24.6 Å². The molecule has 132 valence electrons. The van der Waals surface area contributed by atoms with Crippen LogP contribution in [0.2, 0.25) is 0 Å². The Morgan fingerprint density at radius 1 is 1.24 bits per heavy atom. The van der Waals surface area contributed by atoms with Gasteiger partial charge in [0.1, 0.15) is 0 Å². The molecule has 0 bridgehead atoms. The molecule has 0 radical (unpaired) electrons. The minimum atomic E-state index is -1.46. The summed E-state index contributed by atoms with van der Waals surface area (Å²) in [6.45, 7) is 0.599. The number of carbonyl (C=O) groups is 2. The second kappa shape index (κ2) is 6.86. The number of aromatic nitrogens is 1. The van der Waals surface area contributed by atoms with Gasteiger partial charge in [-0.25, -0.2) is 4.79 Å². The molecule has 0 spiro atoms. The van der Waals surface area contributed by atoms with Crippen molar-refractivity contribution in [2.45, 2.75) is 25.0 Å². The molecule has 2 aromatic rings. The summed E-state index contributed by atoms with van der Waals surface area (Å²) in [5, 5.41) is 23.9. The smallest absolute Gasteiger partial charge is 0.373 e. The summed E-state index contributed by atoms with van der Waals surface area (Å²) in [6, 6.07) is 11.6. The van der Waals surface area contributed by atoms with E-state index in [1.807, 2.05) is 18.2 Å². The molecule has 1 saturated heterocycles. The Bertz CT molecular complexity index is 733. The van der Waals surface area contributed by atoms with Crippen molar-refractivity contribution in [1.29, 1.82) is 0 Å². The predicted molar refractivity (Wildman–Crippen MR) is 87.1 cm³/mol. The van der Waals surface area contributed by atoms with E-state index in [1.165, 1.54) is 12.1 Å². The maximum atomic E-state index is 12.8. The SMILES string of the molecule is O=CN(Cc1ccccc1)OC(=O)[C@]1(n2c(O)ccc2O)CCCN1. The normalized spacial score (nSPS) is 19.5. The number of benzene rings is 1. The number of carbonyl (C=O) groups excluding carboxylic acids is 2. The summed E-state index contributed by atoms with van der Waals surface area (Å²) < 4.78 is 1.08. The lowest BCUT2D eigenvalue weighted by atomic mass is 10.1. The van der Waals surface area contributed by atoms with Crippen LogP contribution in [0, 0.1) is 0 Å². The molecule has 8 nitrogen and oxygen atoms in total. The molecule has 3 N–H and O–H groups in total. The topological polar surface area (TPSA) is 104 Å². The first kappa shape index (κ1) is 16.8. The number of hydrogen-bond donors (Lipinski definition) is 3. The van der Waals surface area contributed by atoms with Crippen molar-refractivity contribution in [3.63, 3.8) is 0 Å². The molecule has 3 rings (SSSR count). The summed E-state index contributed by atoms with van der Waals surface area (Å²) in [5.41, 5.74) is -0.669. The van der Waals surface area contributed by atoms with E-state index in [0.717, 1.165) is 15.2 Å². The molecule has 1 amide bonds. The lowest BCUT2D eigenvalue weighted by Gasteiger charge is -2.31. The van der Waals surface area contributed by atoms with Crippen LogP contribution >= 0.6 is 0 Å². The molecule has 0 unspecified atom stereocenters. The Hall–Kier alpha value is -3.00. The van der Waals surface area contributed by atoms with Crippen LogP contribution in [0.25, 0.3) is 0 Å². The number of rotatable bonds is 6. The molecule has 8 heteroatoms. The van der Waals surface area contributed by atoms with Crippen LogP contribution in [0.15, 0.2) is 42.5 Å². The molecule has 1 aromatic heterocycles. The molecule has 0 aliphatic carbocycles. The van der Waals surface area contributed by atoms with Crippen molar-refractivity contribution in [1.82, 2.24) is 14.9 Å². The molecule has 25 heavy (non-hydrogen) atoms. The van der Waals surface area contributed by atoms with E-state index in [0.29, 0.717) is 25.8 Å². The number of hydrogen-bond acceptors (Lipinski definition) is 6. The fourth-order valence-corrected chi connectivity index (χ4v) is 3.03. The third-order valence-corrected chi connectivity index (χ3v) is 4.19. The van der Waals surface area contributed by atoms with Crippen LogP contribution in [0.1, 0.15) is 18.4 Å². The number of amides is 1. The summed E-state index contributed by atoms with van der Waals surface area (Å²) >= 11 is 0. The summed E-state index contributed by atoms with van der Waals surface area (Å²) in [4.78, 5) is 29.4. The van der Waals surface area contributed by atoms with Crippen molar-refractivity contribution >= 4 is 12.4 Å². The lowest BCUT2D eigenvalue weighted by molar-refractivity contribution is -0.203. The highest BCUT2D eigenvalue weighted by Gasteiger charge is 2.48. The van der Waals surface area contributed by atoms with Crippen LogP contribution in [0.5, 0.6) is 11.8 Å². The zero-order chi connectivity index (χ0) is 17.9. The molecule has 1 aliphatic rings. The van der Waals surface area contributed by atoms with Crippen molar-refractivity contribution in [3.8, 4) is 11.8 Å². The van der Waals surface area contributed by atoms with Gasteiger partial charge in [0.25, 0.3) is 0 Å². The number of nitrogens with zero attached hydrogens (tertiary/aromatic N) is 2. The van der Waals surface area contributed by atoms with E-state index in [9.17, 15) is 19.8 Å². The van der Waals surface area contributed by atoms with Crippen LogP contribution in [0.3, 0.4) is 0 Å². The van der Waals surface area contributed by atoms with Crippen LogP contribution < -0.4 is 5.32 Å². The fourth-order valence-electron chi connectivity index (χ4n) is 3.03. The Balaban J connectivity index is 1.83. The molecule has 0 saturated carbocycles. The fraction of sp³-hybridized carbons (Fsp3) is 0.294. The lowest BCUT2D eigenvalue weighted by Crippen LogP contribution is -2.52. The van der Waals surface area contributed by atoms with Crippen molar-refractivity contribution in [2.24, 2.45) is 0 Å². The monoisotopic (exact) mass is 345 g/mol. The molecular weight excluding hydrogens is 326 g/mol. The van der Waals surface area contributed by atoms with Gasteiger partial charge in [-0.1, -0.05) is 30.3 Å². The quantitative estimate of drug-likeness (QED) is 0.534. The first-order valence-corrected chi connectivity index (χ1v) is 7.90. The number of aromatic hydroxyl groups is 2. The molecular formula is C17H19N3O5. The maximum absolute atomic E-state index is 12.8. The number of nitrogens with one attached hydrogen (secondary N) is 1. The Morgan fingerprint density at radius 2 is 1.92 bits per heavy atom. The summed E-state index contributed by atoms with van der Waals surface area (Å²) in [6.07, 6.45) is 1.37. The molecule has 2 heterocycles. The van der Waals surface area contributed by atoms with E-state index in [2.05, 4.69) is 5.32 Å². The van der Waals surface area contributed by atoms with Gasteiger partial charge in [-0.15, -0.1) is 0 Å². The number of hydroxylamine groups is 2. The van der Waals surface area contributed by atoms with Gasteiger partial charge in [0, 0.05) is 12.1 Å². The molecule has 1 aliphatic heterocycles. The standard InChI is InChI=1S/C17H19N3O5/c21-12-19(11-13-5-2-1-3-6-13)25-16(24)17(9-4-10-18-17)20-14(22)7-8-15(20)23/h1-3,5-8,12,18,22-23H,4,9-11H2/t17-/m1/s1. The van der Waals surface area contributed by atoms with Gasteiger partial charge in [-0.2, -0.15) is 5.06 Å². The van der Waals surface area contributed by atoms with E-state index in [4.69, 9.17) is 4.84 Å². The summed E-state index contributed by atoms with van der Waals surface area (Å²) in [5.74, 6) is -1.33. The van der Waals surface area contributed by atoms with Crippen molar-refractivity contribution in [2.75, 3.05) is 6.54 Å². The first-order chi connectivity index (χ1) is 12.1. The Labute approximate surface area is 144 Å². The highest BCUT2D eigenvalue weighted by Crippen LogP contribution is 2.36. The van der Waals surface area contributed by atoms with Gasteiger partial charge < -0.3 is 15.1 Å². The average Bonchev–Trinajstić information content (AvgIpc) is 3.22. The third-order valence-electron chi connectivity index (χ3n) is 4.19. The van der Waals surface area contributed by atoms with E-state index < -0.39 is 11.6 Å². The van der Waals surface area contributed by atoms with Gasteiger partial charge in [-0.05, 0) is 24.9 Å². The maximum Gasteiger partial charge on any atom is 0.373 e. The van der Waals surface area contributed by atoms with Gasteiger partial charge in [0.15, 0.2) is 11.8 Å². The second-order valence-corrected chi connectivity index (χ2v) is 5.82. The van der Waals surface area contributed by atoms with Gasteiger partial charge >= 0.3 is 5.97 Å². The largest absolute Gasteiger partial charge is 0.494 e. The zero-order valence-corrected chi connectivity index (χ0v) is 13.5. The summed E-state index contributed by atoms with van der Waals surface area (Å²) in [7, 11) is 0. The highest BCUT2D eigenvalue weighted by atomic mass is 16.7. The van der Waals surface area contributed by atoms with E-state index >= 15 is 0 Å². The van der Waals surface area contributed by atoms with Gasteiger partial charge in [0.05, 0.1) is 6.54 Å². The average molecular weight is 345 g/mol. The van der Waals surface area contributed by atoms with E-state index in [-0.39, 0.29) is 18.3 Å². The Morgan fingerprint density at radius 3 is 2.48 bits per heavy atom. The molecule has 1 aromatic carbocycles. The minimum Gasteiger partial charge on any atom is -0.494 e. The van der Waals surface area contributed by atoms with Gasteiger partial charge in [0.2, 0.25) is 12.1 Å². The van der Waals surface area contributed by atoms with Crippen molar-refractivity contribution in [3.05, 3.63) is 48.0 Å². The van der Waals surface area contributed by atoms with Crippen LogP contribution in [-0.2, 0) is 26.6 Å². The van der Waals surface area contributed by atoms with Crippen LogP contribution in [0.4, 0.5) is 0 Å². The van der Waals surface area contributed by atoms with Gasteiger partial charge in [-0.3, -0.25) is 14.7 Å². The first-order valence-electron chi connectivity index (χ1n) is 7.90. The molecule has 1 atom stereocenters. The van der Waals surface area contributed by atoms with E-state index in [1.54, 1.807) is 12.1 Å². The second-order valence-electron chi connectivity index (χ2n) is 5.82. The zero-order valence-electron chi connectivity index (χ0n) is 13.5.